The lowest BCUT2D eigenvalue weighted by Crippen LogP contribution is -1.98. The Kier molecular flexibility index (Phi) is 3.82. The third kappa shape index (κ3) is 2.74. The molecule has 0 saturated heterocycles. The molecular formula is C15H14O4. The summed E-state index contributed by atoms with van der Waals surface area (Å²) in [6, 6.07) is 12.1. The van der Waals surface area contributed by atoms with Crippen LogP contribution in [-0.4, -0.2) is 23.3 Å². The maximum absolute atomic E-state index is 10.9. The fourth-order valence-electron chi connectivity index (χ4n) is 1.90. The molecule has 0 atom stereocenters. The second-order valence-electron chi connectivity index (χ2n) is 4.08. The van der Waals surface area contributed by atoms with Crippen molar-refractivity contribution in [3.63, 3.8) is 0 Å². The molecule has 2 aromatic carbocycles. The summed E-state index contributed by atoms with van der Waals surface area (Å²) in [5.41, 5.74) is 2.64. The first-order valence-electron chi connectivity index (χ1n) is 5.77. The molecule has 19 heavy (non-hydrogen) atoms. The maximum atomic E-state index is 10.9. The van der Waals surface area contributed by atoms with Crippen molar-refractivity contribution in [3.8, 4) is 16.9 Å². The van der Waals surface area contributed by atoms with Gasteiger partial charge in [0.2, 0.25) is 0 Å². The molecule has 0 unspecified atom stereocenters. The predicted octanol–water partition coefficient (Wildman–Crippen LogP) is 2.55. The summed E-state index contributed by atoms with van der Waals surface area (Å²) < 4.78 is 5.24. The van der Waals surface area contributed by atoms with E-state index < -0.39 is 5.97 Å². The second kappa shape index (κ2) is 5.54. The quantitative estimate of drug-likeness (QED) is 0.884. The van der Waals surface area contributed by atoms with Gasteiger partial charge in [0.15, 0.2) is 0 Å². The number of hydrogen-bond donors (Lipinski definition) is 2. The first kappa shape index (κ1) is 13.1. The van der Waals surface area contributed by atoms with Crippen LogP contribution >= 0.6 is 0 Å². The molecular weight excluding hydrogens is 244 g/mol. The average molecular weight is 258 g/mol. The van der Waals surface area contributed by atoms with Gasteiger partial charge in [-0.05, 0) is 35.4 Å². The molecule has 4 nitrogen and oxygen atoms in total. The monoisotopic (exact) mass is 258 g/mol. The van der Waals surface area contributed by atoms with Crippen molar-refractivity contribution < 1.29 is 19.7 Å². The van der Waals surface area contributed by atoms with Gasteiger partial charge in [-0.25, -0.2) is 4.79 Å². The minimum absolute atomic E-state index is 0.0383. The highest BCUT2D eigenvalue weighted by molar-refractivity contribution is 5.89. The number of benzene rings is 2. The van der Waals surface area contributed by atoms with E-state index >= 15 is 0 Å². The Morgan fingerprint density at radius 3 is 2.63 bits per heavy atom. The van der Waals surface area contributed by atoms with Crippen LogP contribution < -0.4 is 4.74 Å². The van der Waals surface area contributed by atoms with Gasteiger partial charge >= 0.3 is 5.97 Å². The van der Waals surface area contributed by atoms with Crippen molar-refractivity contribution >= 4 is 5.97 Å². The fourth-order valence-corrected chi connectivity index (χ4v) is 1.90. The second-order valence-corrected chi connectivity index (χ2v) is 4.08. The van der Waals surface area contributed by atoms with E-state index in [1.165, 1.54) is 19.2 Å². The van der Waals surface area contributed by atoms with E-state index in [4.69, 9.17) is 14.9 Å². The molecule has 0 bridgehead atoms. The van der Waals surface area contributed by atoms with Gasteiger partial charge in [-0.15, -0.1) is 0 Å². The van der Waals surface area contributed by atoms with Crippen molar-refractivity contribution in [2.45, 2.75) is 6.61 Å². The maximum Gasteiger partial charge on any atom is 0.335 e. The Labute approximate surface area is 110 Å². The molecule has 0 aliphatic rings. The Bertz CT molecular complexity index is 605. The lowest BCUT2D eigenvalue weighted by atomic mass is 10.0. The summed E-state index contributed by atoms with van der Waals surface area (Å²) in [5, 5.41) is 18.1. The lowest BCUT2D eigenvalue weighted by molar-refractivity contribution is 0.0696. The van der Waals surface area contributed by atoms with Gasteiger partial charge in [0, 0.05) is 5.56 Å². The molecule has 2 aromatic rings. The third-order valence-electron chi connectivity index (χ3n) is 2.87. The van der Waals surface area contributed by atoms with Gasteiger partial charge < -0.3 is 14.9 Å². The molecule has 98 valence electrons. The zero-order chi connectivity index (χ0) is 13.8. The zero-order valence-corrected chi connectivity index (χ0v) is 10.5. The number of aliphatic hydroxyl groups is 1. The van der Waals surface area contributed by atoms with Gasteiger partial charge in [-0.3, -0.25) is 0 Å². The molecule has 0 heterocycles. The summed E-state index contributed by atoms with van der Waals surface area (Å²) >= 11 is 0. The number of methoxy groups -OCH3 is 1. The van der Waals surface area contributed by atoms with Crippen LogP contribution in [0.15, 0.2) is 42.5 Å². The molecule has 0 spiro atoms. The van der Waals surface area contributed by atoms with Gasteiger partial charge in [0.05, 0.1) is 19.3 Å². The number of carboxylic acid groups (broad SMARTS) is 1. The molecule has 0 aliphatic heterocycles. The highest BCUT2D eigenvalue weighted by Crippen LogP contribution is 2.31. The molecule has 0 aromatic heterocycles. The van der Waals surface area contributed by atoms with Gasteiger partial charge in [-0.1, -0.05) is 18.2 Å². The number of aliphatic hydroxyl groups excluding tert-OH is 1. The van der Waals surface area contributed by atoms with Crippen molar-refractivity contribution in [2.24, 2.45) is 0 Å². The minimum Gasteiger partial charge on any atom is -0.496 e. The predicted molar refractivity (Wildman–Crippen MR) is 71.3 cm³/mol. The third-order valence-corrected chi connectivity index (χ3v) is 2.87. The van der Waals surface area contributed by atoms with Crippen molar-refractivity contribution in [1.29, 1.82) is 0 Å². The van der Waals surface area contributed by atoms with E-state index in [9.17, 15) is 4.79 Å². The Morgan fingerprint density at radius 1 is 1.21 bits per heavy atom. The van der Waals surface area contributed by atoms with Crippen LogP contribution in [0.5, 0.6) is 5.75 Å². The van der Waals surface area contributed by atoms with Crippen LogP contribution in [0.4, 0.5) is 0 Å². The first-order valence-corrected chi connectivity index (χ1v) is 5.77. The van der Waals surface area contributed by atoms with E-state index in [2.05, 4.69) is 0 Å². The molecule has 0 radical (unpaired) electrons. The smallest absolute Gasteiger partial charge is 0.335 e. The van der Waals surface area contributed by atoms with E-state index in [1.54, 1.807) is 6.07 Å². The van der Waals surface area contributed by atoms with E-state index in [1.807, 2.05) is 24.3 Å². The number of aromatic carboxylic acids is 1. The summed E-state index contributed by atoms with van der Waals surface area (Å²) in [6.07, 6.45) is 0. The van der Waals surface area contributed by atoms with E-state index in [0.29, 0.717) is 5.75 Å². The summed E-state index contributed by atoms with van der Waals surface area (Å²) in [4.78, 5) is 10.9. The van der Waals surface area contributed by atoms with Crippen LogP contribution in [0.3, 0.4) is 0 Å². The Morgan fingerprint density at radius 2 is 2.00 bits per heavy atom. The molecule has 0 amide bonds. The van der Waals surface area contributed by atoms with Crippen molar-refractivity contribution in [3.05, 3.63) is 53.6 Å². The molecule has 0 saturated carbocycles. The number of rotatable bonds is 4. The SMILES string of the molecule is COc1cc(C(=O)O)ccc1-c1cccc(CO)c1. The van der Waals surface area contributed by atoms with E-state index in [-0.39, 0.29) is 12.2 Å². The minimum atomic E-state index is -0.992. The number of carboxylic acids is 1. The van der Waals surface area contributed by atoms with Crippen LogP contribution in [-0.2, 0) is 6.61 Å². The highest BCUT2D eigenvalue weighted by Gasteiger charge is 2.10. The molecule has 2 rings (SSSR count). The molecule has 0 fully saturated rings. The van der Waals surface area contributed by atoms with Crippen LogP contribution in [0.25, 0.3) is 11.1 Å². The van der Waals surface area contributed by atoms with Crippen LogP contribution in [0.1, 0.15) is 15.9 Å². The summed E-state index contributed by atoms with van der Waals surface area (Å²) in [7, 11) is 1.50. The fraction of sp³-hybridized carbons (Fsp3) is 0.133. The highest BCUT2D eigenvalue weighted by atomic mass is 16.5. The average Bonchev–Trinajstić information content (AvgIpc) is 2.46. The first-order chi connectivity index (χ1) is 9.15. The summed E-state index contributed by atoms with van der Waals surface area (Å²) in [5.74, 6) is -0.496. The van der Waals surface area contributed by atoms with Crippen LogP contribution in [0.2, 0.25) is 0 Å². The van der Waals surface area contributed by atoms with Gasteiger partial charge in [0.1, 0.15) is 5.75 Å². The van der Waals surface area contributed by atoms with Crippen molar-refractivity contribution in [1.82, 2.24) is 0 Å². The number of carbonyl (C=O) groups is 1. The van der Waals surface area contributed by atoms with Gasteiger partial charge in [-0.2, -0.15) is 0 Å². The largest absolute Gasteiger partial charge is 0.496 e. The zero-order valence-electron chi connectivity index (χ0n) is 10.5. The van der Waals surface area contributed by atoms with Crippen molar-refractivity contribution in [2.75, 3.05) is 7.11 Å². The standard InChI is InChI=1S/C15H14O4/c1-19-14-8-12(15(17)18)5-6-13(14)11-4-2-3-10(7-11)9-16/h2-8,16H,9H2,1H3,(H,17,18). The Balaban J connectivity index is 2.51. The molecule has 4 heteroatoms. The number of hydrogen-bond acceptors (Lipinski definition) is 3. The topological polar surface area (TPSA) is 66.8 Å². The van der Waals surface area contributed by atoms with Crippen LogP contribution in [0, 0.1) is 0 Å². The lowest BCUT2D eigenvalue weighted by Gasteiger charge is -2.10. The Hall–Kier alpha value is -2.33. The molecule has 0 aliphatic carbocycles. The van der Waals surface area contributed by atoms with E-state index in [0.717, 1.165) is 16.7 Å². The normalized spacial score (nSPS) is 10.2. The number of ether oxygens (including phenoxy) is 1. The van der Waals surface area contributed by atoms with Gasteiger partial charge in [0.25, 0.3) is 0 Å². The molecule has 2 N–H and O–H groups in total. The summed E-state index contributed by atoms with van der Waals surface area (Å²) in [6.45, 7) is -0.0383.